The molecule has 1 N–H and O–H groups in total. The summed E-state index contributed by atoms with van der Waals surface area (Å²) in [6.07, 6.45) is 3.24. The smallest absolute Gasteiger partial charge is 0.227 e. The van der Waals surface area contributed by atoms with Crippen LogP contribution in [0.3, 0.4) is 0 Å². The number of carbonyl (C=O) groups excluding carboxylic acids is 1. The molecule has 7 nitrogen and oxygen atoms in total. The van der Waals surface area contributed by atoms with Crippen LogP contribution in [0.5, 0.6) is 11.5 Å². The van der Waals surface area contributed by atoms with Crippen LogP contribution in [0, 0.1) is 5.41 Å². The van der Waals surface area contributed by atoms with Crippen LogP contribution in [0.2, 0.25) is 0 Å². The number of hydrogen-bond acceptors (Lipinski definition) is 7. The molecule has 0 fully saturated rings. The van der Waals surface area contributed by atoms with E-state index in [2.05, 4.69) is 29.2 Å². The molecule has 0 bridgehead atoms. The van der Waals surface area contributed by atoms with Crippen LogP contribution >= 0.6 is 11.8 Å². The van der Waals surface area contributed by atoms with Crippen molar-refractivity contribution >= 4 is 23.5 Å². The fourth-order valence-electron chi connectivity index (χ4n) is 4.01. The lowest BCUT2D eigenvalue weighted by Gasteiger charge is -2.38. The van der Waals surface area contributed by atoms with Gasteiger partial charge < -0.3 is 14.8 Å². The fourth-order valence-corrected chi connectivity index (χ4v) is 4.35. The SMILES string of the molecule is COc1ccc(C2C3=C(CC(C)(C)CC3=O)Nc3nc(SC)nn32)cc1OC. The van der Waals surface area contributed by atoms with Crippen LogP contribution in [0.15, 0.2) is 34.6 Å². The lowest BCUT2D eigenvalue weighted by Crippen LogP contribution is -2.36. The molecule has 2 aromatic rings. The largest absolute Gasteiger partial charge is 0.493 e. The molecule has 0 saturated heterocycles. The highest BCUT2D eigenvalue weighted by atomic mass is 32.2. The highest BCUT2D eigenvalue weighted by Gasteiger charge is 2.42. The predicted molar refractivity (Wildman–Crippen MR) is 108 cm³/mol. The molecule has 1 aromatic carbocycles. The van der Waals surface area contributed by atoms with Gasteiger partial charge in [0.15, 0.2) is 17.3 Å². The third-order valence-electron chi connectivity index (χ3n) is 5.22. The molecular formula is C20H24N4O3S. The number of nitrogens with zero attached hydrogens (tertiary/aromatic N) is 3. The van der Waals surface area contributed by atoms with Gasteiger partial charge in [-0.15, -0.1) is 5.10 Å². The van der Waals surface area contributed by atoms with E-state index in [0.717, 1.165) is 23.3 Å². The van der Waals surface area contributed by atoms with Gasteiger partial charge in [0.2, 0.25) is 11.1 Å². The van der Waals surface area contributed by atoms with Gasteiger partial charge in [0.05, 0.1) is 14.2 Å². The van der Waals surface area contributed by atoms with Gasteiger partial charge in [-0.05, 0) is 35.8 Å². The van der Waals surface area contributed by atoms with Crippen LogP contribution in [-0.2, 0) is 4.79 Å². The van der Waals surface area contributed by atoms with Gasteiger partial charge in [0.25, 0.3) is 0 Å². The first kappa shape index (κ1) is 18.9. The number of carbonyl (C=O) groups is 1. The van der Waals surface area contributed by atoms with Crippen molar-refractivity contribution in [3.63, 3.8) is 0 Å². The number of methoxy groups -OCH3 is 2. The quantitative estimate of drug-likeness (QED) is 0.785. The summed E-state index contributed by atoms with van der Waals surface area (Å²) in [7, 11) is 3.21. The number of allylic oxidation sites excluding steroid dienone is 2. The summed E-state index contributed by atoms with van der Waals surface area (Å²) in [5.41, 5.74) is 2.53. The van der Waals surface area contributed by atoms with E-state index in [1.807, 2.05) is 29.1 Å². The van der Waals surface area contributed by atoms with E-state index < -0.39 is 0 Å². The molecule has 1 aromatic heterocycles. The van der Waals surface area contributed by atoms with Gasteiger partial charge in [-0.2, -0.15) is 4.98 Å². The number of hydrogen-bond donors (Lipinski definition) is 1. The Hall–Kier alpha value is -2.48. The van der Waals surface area contributed by atoms with Crippen LogP contribution in [0.1, 0.15) is 38.3 Å². The van der Waals surface area contributed by atoms with Crippen molar-refractivity contribution in [2.24, 2.45) is 5.41 Å². The topological polar surface area (TPSA) is 78.3 Å². The van der Waals surface area contributed by atoms with E-state index in [1.165, 1.54) is 11.8 Å². The second kappa shape index (κ2) is 6.84. The number of ether oxygens (including phenoxy) is 2. The van der Waals surface area contributed by atoms with Crippen molar-refractivity contribution in [3.8, 4) is 11.5 Å². The first-order valence-corrected chi connectivity index (χ1v) is 10.3. The van der Waals surface area contributed by atoms with E-state index in [-0.39, 0.29) is 17.2 Å². The van der Waals surface area contributed by atoms with Gasteiger partial charge in [0.1, 0.15) is 6.04 Å². The highest BCUT2D eigenvalue weighted by Crippen LogP contribution is 2.46. The lowest BCUT2D eigenvalue weighted by atomic mass is 9.73. The monoisotopic (exact) mass is 400 g/mol. The Balaban J connectivity index is 1.91. The Kier molecular flexibility index (Phi) is 4.61. The predicted octanol–water partition coefficient (Wildman–Crippen LogP) is 3.68. The van der Waals surface area contributed by atoms with Gasteiger partial charge in [-0.1, -0.05) is 31.7 Å². The number of thioether (sulfide) groups is 1. The van der Waals surface area contributed by atoms with E-state index in [1.54, 1.807) is 14.2 Å². The Morgan fingerprint density at radius 3 is 2.64 bits per heavy atom. The van der Waals surface area contributed by atoms with Crippen molar-refractivity contribution in [1.82, 2.24) is 14.8 Å². The number of rotatable bonds is 4. The number of fused-ring (bicyclic) bond motifs is 1. The normalized spacial score (nSPS) is 20.3. The molecule has 1 aliphatic carbocycles. The minimum atomic E-state index is -0.344. The summed E-state index contributed by atoms with van der Waals surface area (Å²) >= 11 is 1.48. The molecule has 1 unspecified atom stereocenters. The molecular weight excluding hydrogens is 376 g/mol. The van der Waals surface area contributed by atoms with Crippen LogP contribution in [0.25, 0.3) is 0 Å². The Labute approximate surface area is 168 Å². The summed E-state index contributed by atoms with van der Waals surface area (Å²) in [5.74, 6) is 2.07. The molecule has 4 rings (SSSR count). The van der Waals surface area contributed by atoms with Crippen molar-refractivity contribution < 1.29 is 14.3 Å². The second-order valence-corrected chi connectivity index (χ2v) is 8.62. The molecule has 8 heteroatoms. The molecule has 0 spiro atoms. The molecule has 2 aliphatic rings. The second-order valence-electron chi connectivity index (χ2n) is 7.84. The molecule has 1 aliphatic heterocycles. The van der Waals surface area contributed by atoms with Gasteiger partial charge >= 0.3 is 0 Å². The Bertz CT molecular complexity index is 980. The van der Waals surface area contributed by atoms with E-state index in [9.17, 15) is 4.79 Å². The Morgan fingerprint density at radius 2 is 1.96 bits per heavy atom. The molecule has 0 amide bonds. The molecule has 2 heterocycles. The van der Waals surface area contributed by atoms with Gasteiger partial charge in [0, 0.05) is 17.7 Å². The van der Waals surface area contributed by atoms with Crippen molar-refractivity contribution in [3.05, 3.63) is 35.0 Å². The zero-order valence-electron chi connectivity index (χ0n) is 16.7. The number of Topliss-reactive ketones (excluding diaryl/α,β-unsaturated/α-hetero) is 1. The zero-order chi connectivity index (χ0) is 20.1. The summed E-state index contributed by atoms with van der Waals surface area (Å²) < 4.78 is 12.7. The minimum Gasteiger partial charge on any atom is -0.493 e. The summed E-state index contributed by atoms with van der Waals surface area (Å²) in [6.45, 7) is 4.24. The maximum atomic E-state index is 13.2. The van der Waals surface area contributed by atoms with Gasteiger partial charge in [-0.25, -0.2) is 4.68 Å². The number of aromatic nitrogens is 3. The summed E-state index contributed by atoms with van der Waals surface area (Å²) in [4.78, 5) is 17.8. The number of nitrogens with one attached hydrogen (secondary N) is 1. The van der Waals surface area contributed by atoms with E-state index >= 15 is 0 Å². The van der Waals surface area contributed by atoms with Crippen molar-refractivity contribution in [2.75, 3.05) is 25.8 Å². The highest BCUT2D eigenvalue weighted by molar-refractivity contribution is 7.98. The third kappa shape index (κ3) is 3.05. The number of anilines is 1. The maximum absolute atomic E-state index is 13.2. The minimum absolute atomic E-state index is 0.0877. The molecule has 28 heavy (non-hydrogen) atoms. The Morgan fingerprint density at radius 1 is 1.21 bits per heavy atom. The van der Waals surface area contributed by atoms with Gasteiger partial charge in [-0.3, -0.25) is 4.79 Å². The fraction of sp³-hybridized carbons (Fsp3) is 0.450. The van der Waals surface area contributed by atoms with Crippen molar-refractivity contribution in [1.29, 1.82) is 0 Å². The maximum Gasteiger partial charge on any atom is 0.227 e. The summed E-state index contributed by atoms with van der Waals surface area (Å²) in [5, 5.41) is 8.67. The van der Waals surface area contributed by atoms with Crippen LogP contribution in [-0.4, -0.2) is 41.0 Å². The van der Waals surface area contributed by atoms with Crippen molar-refractivity contribution in [2.45, 2.75) is 37.9 Å². The average Bonchev–Trinajstić information content (AvgIpc) is 3.07. The first-order valence-electron chi connectivity index (χ1n) is 9.12. The molecule has 0 radical (unpaired) electrons. The molecule has 1 atom stereocenters. The van der Waals surface area contributed by atoms with Crippen LogP contribution < -0.4 is 14.8 Å². The zero-order valence-corrected chi connectivity index (χ0v) is 17.5. The number of ketones is 1. The van der Waals surface area contributed by atoms with E-state index in [4.69, 9.17) is 9.47 Å². The molecule has 0 saturated carbocycles. The lowest BCUT2D eigenvalue weighted by molar-refractivity contribution is -0.118. The van der Waals surface area contributed by atoms with Crippen LogP contribution in [0.4, 0.5) is 5.95 Å². The standard InChI is InChI=1S/C20H24N4O3S/c1-20(2)9-12-16(13(25)10-20)17(24-18(21-12)22-19(23-24)28-5)11-6-7-14(26-3)15(8-11)27-4/h6-8,17H,9-10H2,1-5H3,(H,21,22,23). The summed E-state index contributed by atoms with van der Waals surface area (Å²) in [6, 6.07) is 5.39. The molecule has 148 valence electrons. The third-order valence-corrected chi connectivity index (χ3v) is 5.76. The number of benzene rings is 1. The average molecular weight is 401 g/mol. The van der Waals surface area contributed by atoms with E-state index in [0.29, 0.717) is 29.0 Å². The first-order chi connectivity index (χ1) is 13.4.